The summed E-state index contributed by atoms with van der Waals surface area (Å²) in [6, 6.07) is 5.98. The summed E-state index contributed by atoms with van der Waals surface area (Å²) < 4.78 is 0.939. The second kappa shape index (κ2) is 4.79. The van der Waals surface area contributed by atoms with Gasteiger partial charge >= 0.3 is 5.97 Å². The second-order valence-electron chi connectivity index (χ2n) is 4.77. The number of nitrogens with zero attached hydrogens (tertiary/aromatic N) is 3. The van der Waals surface area contributed by atoms with Crippen molar-refractivity contribution in [3.63, 3.8) is 0 Å². The van der Waals surface area contributed by atoms with E-state index in [1.165, 1.54) is 11.3 Å². The van der Waals surface area contributed by atoms with Gasteiger partial charge in [-0.15, -0.1) is 11.3 Å². The predicted octanol–water partition coefficient (Wildman–Crippen LogP) is 1.75. The Labute approximate surface area is 115 Å². The van der Waals surface area contributed by atoms with E-state index in [9.17, 15) is 4.79 Å². The largest absolute Gasteiger partial charge is 0.476 e. The van der Waals surface area contributed by atoms with Crippen molar-refractivity contribution in [2.45, 2.75) is 0 Å². The Bertz CT molecular complexity index is 617. The first-order valence-corrected chi connectivity index (χ1v) is 7.02. The molecule has 0 amide bonds. The first-order chi connectivity index (χ1) is 9.13. The molecule has 1 aliphatic rings. The SMILES string of the molecule is CN1CCN(c2ccc3nc(C(=O)O)sc3c2)CC1. The molecule has 0 unspecified atom stereocenters. The van der Waals surface area contributed by atoms with Crippen molar-refractivity contribution in [3.8, 4) is 0 Å². The lowest BCUT2D eigenvalue weighted by Gasteiger charge is -2.34. The minimum Gasteiger partial charge on any atom is -0.476 e. The number of hydrogen-bond acceptors (Lipinski definition) is 5. The Morgan fingerprint density at radius 3 is 2.74 bits per heavy atom. The summed E-state index contributed by atoms with van der Waals surface area (Å²) in [5.41, 5.74) is 1.92. The van der Waals surface area contributed by atoms with Crippen molar-refractivity contribution in [1.29, 1.82) is 0 Å². The van der Waals surface area contributed by atoms with Crippen molar-refractivity contribution in [3.05, 3.63) is 23.2 Å². The average Bonchev–Trinajstić information content (AvgIpc) is 2.82. The molecule has 0 saturated carbocycles. The van der Waals surface area contributed by atoms with E-state index in [-0.39, 0.29) is 5.01 Å². The molecular weight excluding hydrogens is 262 g/mol. The van der Waals surface area contributed by atoms with Crippen LogP contribution in [0.3, 0.4) is 0 Å². The summed E-state index contributed by atoms with van der Waals surface area (Å²) in [4.78, 5) is 19.7. The van der Waals surface area contributed by atoms with Crippen molar-refractivity contribution in [2.24, 2.45) is 0 Å². The fourth-order valence-electron chi connectivity index (χ4n) is 2.27. The van der Waals surface area contributed by atoms with E-state index in [1.807, 2.05) is 18.2 Å². The van der Waals surface area contributed by atoms with Crippen molar-refractivity contribution < 1.29 is 9.90 Å². The zero-order valence-electron chi connectivity index (χ0n) is 10.7. The first kappa shape index (κ1) is 12.4. The van der Waals surface area contributed by atoms with Crippen LogP contribution in [0.15, 0.2) is 18.2 Å². The number of likely N-dealkylation sites (N-methyl/N-ethyl adjacent to an activating group) is 1. The third kappa shape index (κ3) is 2.41. The number of anilines is 1. The van der Waals surface area contributed by atoms with Gasteiger partial charge in [0.1, 0.15) is 0 Å². The highest BCUT2D eigenvalue weighted by Gasteiger charge is 2.16. The molecule has 0 radical (unpaired) electrons. The Balaban J connectivity index is 1.90. The highest BCUT2D eigenvalue weighted by atomic mass is 32.1. The van der Waals surface area contributed by atoms with Gasteiger partial charge in [-0.2, -0.15) is 0 Å². The lowest BCUT2D eigenvalue weighted by Crippen LogP contribution is -2.44. The standard InChI is InChI=1S/C13H15N3O2S/c1-15-4-6-16(7-5-15)9-2-3-10-11(8-9)19-12(14-10)13(17)18/h2-3,8H,4-7H2,1H3,(H,17,18). The Kier molecular flexibility index (Phi) is 3.12. The van der Waals surface area contributed by atoms with E-state index in [4.69, 9.17) is 5.11 Å². The maximum atomic E-state index is 10.9. The second-order valence-corrected chi connectivity index (χ2v) is 5.80. The van der Waals surface area contributed by atoms with Crippen LogP contribution in [0.2, 0.25) is 0 Å². The smallest absolute Gasteiger partial charge is 0.365 e. The molecule has 1 N–H and O–H groups in total. The molecule has 0 spiro atoms. The first-order valence-electron chi connectivity index (χ1n) is 6.21. The number of rotatable bonds is 2. The zero-order chi connectivity index (χ0) is 13.4. The zero-order valence-corrected chi connectivity index (χ0v) is 11.5. The Hall–Kier alpha value is -1.66. The van der Waals surface area contributed by atoms with Crippen LogP contribution in [0.4, 0.5) is 5.69 Å². The van der Waals surface area contributed by atoms with E-state index < -0.39 is 5.97 Å². The Morgan fingerprint density at radius 2 is 2.05 bits per heavy atom. The van der Waals surface area contributed by atoms with Crippen LogP contribution in [-0.4, -0.2) is 54.2 Å². The molecule has 6 heteroatoms. The van der Waals surface area contributed by atoms with Gasteiger partial charge in [-0.3, -0.25) is 0 Å². The molecule has 1 fully saturated rings. The summed E-state index contributed by atoms with van der Waals surface area (Å²) in [6.07, 6.45) is 0. The van der Waals surface area contributed by atoms with Crippen LogP contribution < -0.4 is 4.90 Å². The topological polar surface area (TPSA) is 56.7 Å². The number of aromatic carboxylic acids is 1. The predicted molar refractivity (Wildman–Crippen MR) is 76.3 cm³/mol. The maximum Gasteiger partial charge on any atom is 0.365 e. The molecule has 0 aliphatic carbocycles. The fraction of sp³-hybridized carbons (Fsp3) is 0.385. The number of thiazole rings is 1. The molecule has 3 rings (SSSR count). The number of piperazine rings is 1. The molecule has 1 aromatic carbocycles. The van der Waals surface area contributed by atoms with E-state index >= 15 is 0 Å². The highest BCUT2D eigenvalue weighted by molar-refractivity contribution is 7.20. The average molecular weight is 277 g/mol. The van der Waals surface area contributed by atoms with Crippen LogP contribution in [0.25, 0.3) is 10.2 Å². The third-order valence-corrected chi connectivity index (χ3v) is 4.43. The van der Waals surface area contributed by atoms with Gasteiger partial charge in [0.25, 0.3) is 0 Å². The number of carboxylic acids is 1. The van der Waals surface area contributed by atoms with Gasteiger partial charge in [0.2, 0.25) is 5.01 Å². The van der Waals surface area contributed by atoms with Gasteiger partial charge in [-0.25, -0.2) is 9.78 Å². The molecule has 1 aliphatic heterocycles. The maximum absolute atomic E-state index is 10.9. The summed E-state index contributed by atoms with van der Waals surface area (Å²) >= 11 is 1.24. The molecule has 1 saturated heterocycles. The normalized spacial score (nSPS) is 17.0. The quantitative estimate of drug-likeness (QED) is 0.906. The molecule has 1 aromatic heterocycles. The van der Waals surface area contributed by atoms with Crippen molar-refractivity contribution in [1.82, 2.24) is 9.88 Å². The number of hydrogen-bond donors (Lipinski definition) is 1. The number of fused-ring (bicyclic) bond motifs is 1. The van der Waals surface area contributed by atoms with Crippen LogP contribution in [0.5, 0.6) is 0 Å². The molecule has 19 heavy (non-hydrogen) atoms. The van der Waals surface area contributed by atoms with Gasteiger partial charge in [0.15, 0.2) is 0 Å². The molecular formula is C13H15N3O2S. The van der Waals surface area contributed by atoms with Crippen LogP contribution >= 0.6 is 11.3 Å². The van der Waals surface area contributed by atoms with Crippen molar-refractivity contribution >= 4 is 33.2 Å². The minimum absolute atomic E-state index is 0.158. The van der Waals surface area contributed by atoms with E-state index in [0.717, 1.165) is 42.1 Å². The van der Waals surface area contributed by atoms with Gasteiger partial charge in [-0.1, -0.05) is 0 Å². The molecule has 5 nitrogen and oxygen atoms in total. The molecule has 100 valence electrons. The monoisotopic (exact) mass is 277 g/mol. The third-order valence-electron chi connectivity index (χ3n) is 3.42. The number of benzene rings is 1. The summed E-state index contributed by atoms with van der Waals surface area (Å²) in [5, 5.41) is 9.12. The lowest BCUT2D eigenvalue weighted by atomic mass is 10.2. The number of aromatic nitrogens is 1. The molecule has 0 bridgehead atoms. The van der Waals surface area contributed by atoms with E-state index in [2.05, 4.69) is 21.8 Å². The van der Waals surface area contributed by atoms with E-state index in [0.29, 0.717) is 0 Å². The van der Waals surface area contributed by atoms with Gasteiger partial charge < -0.3 is 14.9 Å². The van der Waals surface area contributed by atoms with Crippen LogP contribution in [0, 0.1) is 0 Å². The summed E-state index contributed by atoms with van der Waals surface area (Å²) in [7, 11) is 2.13. The van der Waals surface area contributed by atoms with Crippen LogP contribution in [-0.2, 0) is 0 Å². The fourth-order valence-corrected chi connectivity index (χ4v) is 3.10. The molecule has 2 aromatic rings. The molecule has 0 atom stereocenters. The molecule has 2 heterocycles. The van der Waals surface area contributed by atoms with Gasteiger partial charge in [0, 0.05) is 31.9 Å². The lowest BCUT2D eigenvalue weighted by molar-refractivity contribution is 0.0696. The van der Waals surface area contributed by atoms with Gasteiger partial charge in [0.05, 0.1) is 10.2 Å². The summed E-state index contributed by atoms with van der Waals surface area (Å²) in [5.74, 6) is -0.956. The van der Waals surface area contributed by atoms with Gasteiger partial charge in [-0.05, 0) is 25.2 Å². The summed E-state index contributed by atoms with van der Waals surface area (Å²) in [6.45, 7) is 4.13. The minimum atomic E-state index is -0.956. The van der Waals surface area contributed by atoms with Crippen molar-refractivity contribution in [2.75, 3.05) is 38.1 Å². The van der Waals surface area contributed by atoms with Crippen LogP contribution in [0.1, 0.15) is 9.80 Å². The Morgan fingerprint density at radius 1 is 1.32 bits per heavy atom. The highest BCUT2D eigenvalue weighted by Crippen LogP contribution is 2.27. The number of carboxylic acid groups (broad SMARTS) is 1. The van der Waals surface area contributed by atoms with E-state index in [1.54, 1.807) is 0 Å². The number of carbonyl (C=O) groups is 1.